The Bertz CT molecular complexity index is 920. The number of halogens is 1. The number of nitrogens with zero attached hydrogens (tertiary/aromatic N) is 5. The predicted molar refractivity (Wildman–Crippen MR) is 119 cm³/mol. The average molecular weight is 426 g/mol. The average Bonchev–Trinajstić information content (AvgIpc) is 3.34. The Morgan fingerprint density at radius 1 is 0.833 bits per heavy atom. The van der Waals surface area contributed by atoms with Crippen LogP contribution in [0.2, 0.25) is 5.02 Å². The molecule has 1 aromatic carbocycles. The first kappa shape index (κ1) is 19.6. The maximum absolute atomic E-state index is 13.1. The van der Waals surface area contributed by atoms with Crippen LogP contribution in [0.1, 0.15) is 53.7 Å². The molecule has 0 atom stereocenters. The molecule has 5 rings (SSSR count). The van der Waals surface area contributed by atoms with Gasteiger partial charge in [-0.15, -0.1) is 0 Å². The fourth-order valence-corrected chi connectivity index (χ4v) is 4.88. The minimum Gasteiger partial charge on any atom is -0.356 e. The van der Waals surface area contributed by atoms with Gasteiger partial charge in [0.15, 0.2) is 0 Å². The van der Waals surface area contributed by atoms with Crippen molar-refractivity contribution in [3.63, 3.8) is 0 Å². The fraction of sp³-hybridized carbons (Fsp3) is 0.522. The van der Waals surface area contributed by atoms with E-state index in [1.807, 2.05) is 4.90 Å². The lowest BCUT2D eigenvalue weighted by Crippen LogP contribution is -2.39. The molecule has 2 fully saturated rings. The Balaban J connectivity index is 1.47. The second-order valence-electron chi connectivity index (χ2n) is 8.50. The highest BCUT2D eigenvalue weighted by Crippen LogP contribution is 2.32. The number of aromatic nitrogens is 2. The standard InChI is InChI=1S/C23H28ClN5O/c24-18-8-6-17(7-9-18)22(30)29-15-10-20-19(16-29)21(27-11-2-1-3-12-27)26-23(25-20)28-13-4-5-14-28/h6-9H,1-5,10-16H2. The van der Waals surface area contributed by atoms with Gasteiger partial charge < -0.3 is 14.7 Å². The quantitative estimate of drug-likeness (QED) is 0.746. The SMILES string of the molecule is O=C(c1ccc(Cl)cc1)N1CCc2nc(N3CCCC3)nc(N3CCCCC3)c2C1. The lowest BCUT2D eigenvalue weighted by molar-refractivity contribution is 0.0733. The topological polar surface area (TPSA) is 52.6 Å². The van der Waals surface area contributed by atoms with Crippen molar-refractivity contribution in [2.75, 3.05) is 42.5 Å². The summed E-state index contributed by atoms with van der Waals surface area (Å²) in [4.78, 5) is 29.8. The zero-order valence-electron chi connectivity index (χ0n) is 17.3. The fourth-order valence-electron chi connectivity index (χ4n) is 4.76. The van der Waals surface area contributed by atoms with E-state index < -0.39 is 0 Å². The number of carbonyl (C=O) groups excluding carboxylic acids is 1. The van der Waals surface area contributed by atoms with Gasteiger partial charge in [-0.2, -0.15) is 4.98 Å². The van der Waals surface area contributed by atoms with Gasteiger partial charge in [-0.25, -0.2) is 4.98 Å². The summed E-state index contributed by atoms with van der Waals surface area (Å²) in [5, 5.41) is 0.644. The Morgan fingerprint density at radius 3 is 2.23 bits per heavy atom. The first-order valence-corrected chi connectivity index (χ1v) is 11.5. The second kappa shape index (κ2) is 8.42. The number of fused-ring (bicyclic) bond motifs is 1. The summed E-state index contributed by atoms with van der Waals surface area (Å²) < 4.78 is 0. The smallest absolute Gasteiger partial charge is 0.254 e. The number of rotatable bonds is 3. The van der Waals surface area contributed by atoms with Crippen molar-refractivity contribution >= 4 is 29.3 Å². The van der Waals surface area contributed by atoms with Crippen molar-refractivity contribution in [3.05, 3.63) is 46.1 Å². The largest absolute Gasteiger partial charge is 0.356 e. The number of amides is 1. The molecular formula is C23H28ClN5O. The monoisotopic (exact) mass is 425 g/mol. The van der Waals surface area contributed by atoms with Gasteiger partial charge >= 0.3 is 0 Å². The van der Waals surface area contributed by atoms with Crippen LogP contribution in [0.5, 0.6) is 0 Å². The van der Waals surface area contributed by atoms with Gasteiger partial charge in [0.05, 0.1) is 12.2 Å². The van der Waals surface area contributed by atoms with Gasteiger partial charge in [0.25, 0.3) is 5.91 Å². The summed E-state index contributed by atoms with van der Waals surface area (Å²) in [6.45, 7) is 5.41. The Morgan fingerprint density at radius 2 is 1.50 bits per heavy atom. The van der Waals surface area contributed by atoms with Gasteiger partial charge in [0.1, 0.15) is 5.82 Å². The Kier molecular flexibility index (Phi) is 5.50. The van der Waals surface area contributed by atoms with Crippen LogP contribution in [-0.4, -0.2) is 53.5 Å². The number of carbonyl (C=O) groups is 1. The summed E-state index contributed by atoms with van der Waals surface area (Å²) >= 11 is 5.99. The molecule has 0 unspecified atom stereocenters. The van der Waals surface area contributed by atoms with Crippen LogP contribution in [-0.2, 0) is 13.0 Å². The van der Waals surface area contributed by atoms with Crippen LogP contribution in [0, 0.1) is 0 Å². The normalized spacial score (nSPS) is 19.2. The maximum atomic E-state index is 13.1. The van der Waals surface area contributed by atoms with E-state index in [-0.39, 0.29) is 5.91 Å². The first-order valence-electron chi connectivity index (χ1n) is 11.1. The molecule has 6 nitrogen and oxygen atoms in total. The molecule has 0 bridgehead atoms. The van der Waals surface area contributed by atoms with Gasteiger partial charge in [-0.3, -0.25) is 4.79 Å². The summed E-state index contributed by atoms with van der Waals surface area (Å²) in [6, 6.07) is 7.16. The predicted octanol–water partition coefficient (Wildman–Crippen LogP) is 3.92. The highest BCUT2D eigenvalue weighted by Gasteiger charge is 2.30. The Hall–Kier alpha value is -2.34. The van der Waals surface area contributed by atoms with Gasteiger partial charge in [0.2, 0.25) is 5.95 Å². The summed E-state index contributed by atoms with van der Waals surface area (Å²) in [5.41, 5.74) is 2.93. The number of hydrogen-bond acceptors (Lipinski definition) is 5. The minimum atomic E-state index is 0.0468. The maximum Gasteiger partial charge on any atom is 0.254 e. The third kappa shape index (κ3) is 3.85. The molecule has 0 saturated carbocycles. The first-order chi connectivity index (χ1) is 14.7. The molecule has 0 spiro atoms. The van der Waals surface area contributed by atoms with E-state index in [9.17, 15) is 4.79 Å². The zero-order valence-corrected chi connectivity index (χ0v) is 18.1. The van der Waals surface area contributed by atoms with Crippen LogP contribution in [0.3, 0.4) is 0 Å². The van der Waals surface area contributed by atoms with E-state index in [0.29, 0.717) is 23.7 Å². The molecule has 4 heterocycles. The highest BCUT2D eigenvalue weighted by atomic mass is 35.5. The van der Waals surface area contributed by atoms with Gasteiger partial charge in [0, 0.05) is 55.3 Å². The lowest BCUT2D eigenvalue weighted by Gasteiger charge is -2.35. The molecule has 1 amide bonds. The number of piperidine rings is 1. The van der Waals surface area contributed by atoms with E-state index >= 15 is 0 Å². The minimum absolute atomic E-state index is 0.0468. The summed E-state index contributed by atoms with van der Waals surface area (Å²) in [7, 11) is 0. The van der Waals surface area contributed by atoms with Crippen LogP contribution in [0.4, 0.5) is 11.8 Å². The van der Waals surface area contributed by atoms with Gasteiger partial charge in [-0.05, 0) is 56.4 Å². The molecule has 0 radical (unpaired) electrons. The lowest BCUT2D eigenvalue weighted by atomic mass is 10.0. The van der Waals surface area contributed by atoms with Crippen molar-refractivity contribution < 1.29 is 4.79 Å². The summed E-state index contributed by atoms with van der Waals surface area (Å²) in [5.74, 6) is 1.98. The van der Waals surface area contributed by atoms with E-state index in [1.165, 1.54) is 32.1 Å². The molecule has 158 valence electrons. The van der Waals surface area contributed by atoms with Crippen LogP contribution < -0.4 is 9.80 Å². The van der Waals surface area contributed by atoms with E-state index in [0.717, 1.165) is 55.6 Å². The summed E-state index contributed by atoms with van der Waals surface area (Å²) in [6.07, 6.45) is 6.88. The molecule has 1 aromatic heterocycles. The zero-order chi connectivity index (χ0) is 20.5. The van der Waals surface area contributed by atoms with Crippen molar-refractivity contribution in [3.8, 4) is 0 Å². The van der Waals surface area contributed by atoms with Gasteiger partial charge in [-0.1, -0.05) is 11.6 Å². The van der Waals surface area contributed by atoms with E-state index in [2.05, 4.69) is 9.80 Å². The molecular weight excluding hydrogens is 398 g/mol. The van der Waals surface area contributed by atoms with E-state index in [4.69, 9.17) is 21.6 Å². The van der Waals surface area contributed by atoms with Crippen molar-refractivity contribution in [1.82, 2.24) is 14.9 Å². The molecule has 0 N–H and O–H groups in total. The molecule has 2 aromatic rings. The van der Waals surface area contributed by atoms with Crippen molar-refractivity contribution in [2.45, 2.75) is 45.1 Å². The molecule has 2 saturated heterocycles. The molecule has 30 heavy (non-hydrogen) atoms. The van der Waals surface area contributed by atoms with Crippen molar-refractivity contribution in [2.24, 2.45) is 0 Å². The second-order valence-corrected chi connectivity index (χ2v) is 8.93. The number of hydrogen-bond donors (Lipinski definition) is 0. The third-order valence-electron chi connectivity index (χ3n) is 6.45. The molecule has 7 heteroatoms. The molecule has 3 aliphatic rings. The van der Waals surface area contributed by atoms with Crippen LogP contribution in [0.15, 0.2) is 24.3 Å². The van der Waals surface area contributed by atoms with Crippen molar-refractivity contribution in [1.29, 1.82) is 0 Å². The Labute approximate surface area is 182 Å². The number of benzene rings is 1. The number of anilines is 2. The van der Waals surface area contributed by atoms with Crippen LogP contribution in [0.25, 0.3) is 0 Å². The van der Waals surface area contributed by atoms with E-state index in [1.54, 1.807) is 24.3 Å². The molecule has 3 aliphatic heterocycles. The van der Waals surface area contributed by atoms with Crippen LogP contribution >= 0.6 is 11.6 Å². The molecule has 0 aliphatic carbocycles. The highest BCUT2D eigenvalue weighted by molar-refractivity contribution is 6.30. The third-order valence-corrected chi connectivity index (χ3v) is 6.70.